The van der Waals surface area contributed by atoms with Crippen LogP contribution in [0.1, 0.15) is 42.2 Å². The van der Waals surface area contributed by atoms with E-state index in [0.29, 0.717) is 10.0 Å². The lowest BCUT2D eigenvalue weighted by Crippen LogP contribution is -2.46. The van der Waals surface area contributed by atoms with Gasteiger partial charge in [0.2, 0.25) is 0 Å². The number of piperazine rings is 1. The maximum atomic E-state index is 13.5. The first-order chi connectivity index (χ1) is 18.4. The Kier molecular flexibility index (Phi) is 10.0. The third-order valence-electron chi connectivity index (χ3n) is 7.22. The maximum absolute atomic E-state index is 13.5. The number of rotatable bonds is 11. The Labute approximate surface area is 236 Å². The number of unbranched alkanes of at least 4 members (excludes halogenated alkanes) is 1. The molecule has 204 valence electrons. The molecular weight excluding hydrogens is 519 g/mol. The lowest BCUT2D eigenvalue weighted by atomic mass is 10.1. The van der Waals surface area contributed by atoms with Crippen LogP contribution in [0.3, 0.4) is 0 Å². The number of carbonyl (C=O) groups excluding carboxylic acids is 1. The molecular formula is C30H38Cl2N4O2. The second kappa shape index (κ2) is 13.4. The Hall–Kier alpha value is -2.67. The van der Waals surface area contributed by atoms with Crippen molar-refractivity contribution in [2.24, 2.45) is 0 Å². The molecule has 0 aliphatic carbocycles. The molecule has 1 aromatic heterocycles. The van der Waals surface area contributed by atoms with Crippen LogP contribution >= 0.6 is 23.2 Å². The van der Waals surface area contributed by atoms with E-state index in [0.717, 1.165) is 99.0 Å². The van der Waals surface area contributed by atoms with Crippen molar-refractivity contribution >= 4 is 34.8 Å². The summed E-state index contributed by atoms with van der Waals surface area (Å²) in [5, 5.41) is 1.24. The number of halogens is 2. The van der Waals surface area contributed by atoms with E-state index in [1.54, 1.807) is 7.11 Å². The van der Waals surface area contributed by atoms with Gasteiger partial charge in [0.25, 0.3) is 5.91 Å². The molecule has 0 bridgehead atoms. The number of hydrogen-bond donors (Lipinski definition) is 1. The lowest BCUT2D eigenvalue weighted by molar-refractivity contribution is 0.0750. The average Bonchev–Trinajstić information content (AvgIpc) is 3.33. The predicted molar refractivity (Wildman–Crippen MR) is 158 cm³/mol. The number of aryl methyl sites for hydroxylation is 1. The zero-order chi connectivity index (χ0) is 27.1. The van der Waals surface area contributed by atoms with Gasteiger partial charge in [-0.25, -0.2) is 0 Å². The highest BCUT2D eigenvalue weighted by Gasteiger charge is 2.21. The van der Waals surface area contributed by atoms with Crippen molar-refractivity contribution in [1.82, 2.24) is 14.8 Å². The second-order valence-electron chi connectivity index (χ2n) is 9.85. The lowest BCUT2D eigenvalue weighted by Gasteiger charge is -2.36. The normalized spacial score (nSPS) is 14.1. The van der Waals surface area contributed by atoms with E-state index < -0.39 is 0 Å². The van der Waals surface area contributed by atoms with Crippen LogP contribution in [0.4, 0.5) is 5.69 Å². The highest BCUT2D eigenvalue weighted by atomic mass is 35.5. The fourth-order valence-corrected chi connectivity index (χ4v) is 5.46. The van der Waals surface area contributed by atoms with Crippen molar-refractivity contribution < 1.29 is 9.53 Å². The summed E-state index contributed by atoms with van der Waals surface area (Å²) in [5.74, 6) is 0.919. The van der Waals surface area contributed by atoms with Crippen molar-refractivity contribution in [1.29, 1.82) is 0 Å². The average molecular weight is 558 g/mol. The number of aromatic amines is 1. The highest BCUT2D eigenvalue weighted by Crippen LogP contribution is 2.33. The summed E-state index contributed by atoms with van der Waals surface area (Å²) in [7, 11) is 1.66. The maximum Gasteiger partial charge on any atom is 0.255 e. The van der Waals surface area contributed by atoms with Gasteiger partial charge in [0.15, 0.2) is 0 Å². The van der Waals surface area contributed by atoms with Crippen molar-refractivity contribution in [2.45, 2.75) is 33.1 Å². The van der Waals surface area contributed by atoms with E-state index in [-0.39, 0.29) is 5.91 Å². The minimum Gasteiger partial charge on any atom is -0.497 e. The molecule has 2 heterocycles. The molecule has 1 aliphatic rings. The summed E-state index contributed by atoms with van der Waals surface area (Å²) >= 11 is 12.6. The Bertz CT molecular complexity index is 1200. The molecule has 3 aromatic rings. The SMILES string of the molecule is CCCN(CCCCN1CCN(c2cccc(Cl)c2Cl)CC1)C(=O)c1cc(-c2ccc(OC)cc2)[nH]c1C. The van der Waals surface area contributed by atoms with Gasteiger partial charge in [0, 0.05) is 50.7 Å². The summed E-state index contributed by atoms with van der Waals surface area (Å²) in [5.41, 5.74) is 4.65. The Morgan fingerprint density at radius 1 is 1.03 bits per heavy atom. The molecule has 0 radical (unpaired) electrons. The third kappa shape index (κ3) is 6.85. The highest BCUT2D eigenvalue weighted by molar-refractivity contribution is 6.43. The van der Waals surface area contributed by atoms with Crippen molar-refractivity contribution in [2.75, 3.05) is 57.8 Å². The molecule has 0 spiro atoms. The van der Waals surface area contributed by atoms with Gasteiger partial charge in [-0.1, -0.05) is 36.2 Å². The summed E-state index contributed by atoms with van der Waals surface area (Å²) in [6.45, 7) is 10.5. The van der Waals surface area contributed by atoms with E-state index >= 15 is 0 Å². The Morgan fingerprint density at radius 3 is 2.45 bits per heavy atom. The molecule has 1 amide bonds. The number of hydrogen-bond acceptors (Lipinski definition) is 4. The number of methoxy groups -OCH3 is 1. The van der Waals surface area contributed by atoms with E-state index in [2.05, 4.69) is 21.7 Å². The number of carbonyl (C=O) groups is 1. The van der Waals surface area contributed by atoms with Crippen molar-refractivity contribution in [3.05, 3.63) is 69.8 Å². The number of anilines is 1. The number of aromatic nitrogens is 1. The van der Waals surface area contributed by atoms with Gasteiger partial charge in [-0.15, -0.1) is 0 Å². The number of ether oxygens (including phenoxy) is 1. The first-order valence-corrected chi connectivity index (χ1v) is 14.2. The zero-order valence-corrected chi connectivity index (χ0v) is 24.1. The minimum atomic E-state index is 0.104. The summed E-state index contributed by atoms with van der Waals surface area (Å²) < 4.78 is 5.26. The molecule has 1 fully saturated rings. The van der Waals surface area contributed by atoms with Gasteiger partial charge >= 0.3 is 0 Å². The van der Waals surface area contributed by atoms with E-state index in [9.17, 15) is 4.79 Å². The minimum absolute atomic E-state index is 0.104. The summed E-state index contributed by atoms with van der Waals surface area (Å²) in [6.07, 6.45) is 2.99. The van der Waals surface area contributed by atoms with Gasteiger partial charge in [-0.3, -0.25) is 9.69 Å². The van der Waals surface area contributed by atoms with Gasteiger partial charge in [0.1, 0.15) is 5.75 Å². The van der Waals surface area contributed by atoms with Crippen molar-refractivity contribution in [3.8, 4) is 17.0 Å². The Morgan fingerprint density at radius 2 is 1.76 bits per heavy atom. The molecule has 6 nitrogen and oxygen atoms in total. The predicted octanol–water partition coefficient (Wildman–Crippen LogP) is 6.76. The molecule has 8 heteroatoms. The largest absolute Gasteiger partial charge is 0.497 e. The van der Waals surface area contributed by atoms with Crippen LogP contribution < -0.4 is 9.64 Å². The number of amides is 1. The summed E-state index contributed by atoms with van der Waals surface area (Å²) in [4.78, 5) is 23.7. The van der Waals surface area contributed by atoms with Crippen LogP contribution in [0, 0.1) is 6.92 Å². The molecule has 38 heavy (non-hydrogen) atoms. The van der Waals surface area contributed by atoms with E-state index in [1.165, 1.54) is 0 Å². The van der Waals surface area contributed by atoms with E-state index in [4.69, 9.17) is 27.9 Å². The second-order valence-corrected chi connectivity index (χ2v) is 10.6. The number of H-pyrrole nitrogens is 1. The van der Waals surface area contributed by atoms with Crippen LogP contribution in [0.15, 0.2) is 48.5 Å². The topological polar surface area (TPSA) is 51.8 Å². The van der Waals surface area contributed by atoms with Crippen molar-refractivity contribution in [3.63, 3.8) is 0 Å². The number of nitrogens with one attached hydrogen (secondary N) is 1. The fraction of sp³-hybridized carbons (Fsp3) is 0.433. The van der Waals surface area contributed by atoms with Crippen LogP contribution in [0.5, 0.6) is 5.75 Å². The molecule has 0 unspecified atom stereocenters. The van der Waals surface area contributed by atoms with Gasteiger partial charge in [-0.2, -0.15) is 0 Å². The molecule has 1 saturated heterocycles. The van der Waals surface area contributed by atoms with Crippen LogP contribution in [-0.2, 0) is 0 Å². The quantitative estimate of drug-likeness (QED) is 0.265. The fourth-order valence-electron chi connectivity index (χ4n) is 5.05. The molecule has 0 atom stereocenters. The van der Waals surface area contributed by atoms with Gasteiger partial charge in [0.05, 0.1) is 28.4 Å². The monoisotopic (exact) mass is 556 g/mol. The zero-order valence-electron chi connectivity index (χ0n) is 22.6. The molecule has 1 aliphatic heterocycles. The van der Waals surface area contributed by atoms with Gasteiger partial charge in [-0.05, 0) is 80.8 Å². The third-order valence-corrected chi connectivity index (χ3v) is 8.03. The van der Waals surface area contributed by atoms with Crippen LogP contribution in [0.2, 0.25) is 10.0 Å². The van der Waals surface area contributed by atoms with Gasteiger partial charge < -0.3 is 19.5 Å². The number of nitrogens with zero attached hydrogens (tertiary/aromatic N) is 3. The van der Waals surface area contributed by atoms with E-state index in [1.807, 2.05) is 60.4 Å². The smallest absolute Gasteiger partial charge is 0.255 e. The molecule has 2 aromatic carbocycles. The first kappa shape index (κ1) is 28.3. The Balaban J connectivity index is 1.27. The molecule has 4 rings (SSSR count). The number of benzene rings is 2. The van der Waals surface area contributed by atoms with Crippen LogP contribution in [-0.4, -0.2) is 73.6 Å². The first-order valence-electron chi connectivity index (χ1n) is 13.5. The standard InChI is InChI=1S/C30H38Cl2N4O2/c1-4-14-36(30(37)25-21-27(33-22(25)2)23-10-12-24(38-3)13-11-23)16-6-5-15-34-17-19-35(20-18-34)28-9-7-8-26(31)29(28)32/h7-13,21,33H,4-6,14-20H2,1-3H3. The molecule has 0 saturated carbocycles. The van der Waals surface area contributed by atoms with Crippen LogP contribution in [0.25, 0.3) is 11.3 Å². The molecule has 1 N–H and O–H groups in total. The summed E-state index contributed by atoms with van der Waals surface area (Å²) in [6, 6.07) is 15.7.